The molecule has 0 amide bonds. The second-order valence-corrected chi connectivity index (χ2v) is 6.57. The third-order valence-corrected chi connectivity index (χ3v) is 4.96. The minimum atomic E-state index is -3.58. The van der Waals surface area contributed by atoms with Crippen LogP contribution in [0.5, 0.6) is 5.75 Å². The molecule has 0 aliphatic heterocycles. The monoisotopic (exact) mass is 295 g/mol. The van der Waals surface area contributed by atoms with Crippen LogP contribution in [-0.2, 0) is 10.0 Å². The minimum absolute atomic E-state index is 0.183. The van der Waals surface area contributed by atoms with Gasteiger partial charge in [0.05, 0.1) is 17.7 Å². The number of ether oxygens (including phenoxy) is 1. The highest BCUT2D eigenvalue weighted by atomic mass is 32.2. The molecule has 0 atom stereocenters. The van der Waals surface area contributed by atoms with E-state index in [1.54, 1.807) is 25.3 Å². The molecule has 0 saturated heterocycles. The van der Waals surface area contributed by atoms with Gasteiger partial charge in [-0.2, -0.15) is 0 Å². The number of methoxy groups -OCH3 is 1. The molecule has 5 heteroatoms. The van der Waals surface area contributed by atoms with Crippen LogP contribution in [0.1, 0.15) is 18.4 Å². The van der Waals surface area contributed by atoms with Gasteiger partial charge < -0.3 is 4.74 Å². The van der Waals surface area contributed by atoms with Gasteiger partial charge in [-0.05, 0) is 31.4 Å². The molecule has 4 nitrogen and oxygen atoms in total. The van der Waals surface area contributed by atoms with E-state index in [4.69, 9.17) is 4.74 Å². The van der Waals surface area contributed by atoms with E-state index >= 15 is 0 Å². The van der Waals surface area contributed by atoms with Crippen molar-refractivity contribution >= 4 is 15.7 Å². The number of rotatable bonds is 7. The van der Waals surface area contributed by atoms with Gasteiger partial charge >= 0.3 is 0 Å². The quantitative estimate of drug-likeness (QED) is 0.725. The first-order valence-corrected chi connectivity index (χ1v) is 7.70. The Morgan fingerprint density at radius 1 is 1.45 bits per heavy atom. The Hall–Kier alpha value is -1.75. The molecule has 110 valence electrons. The molecule has 0 aromatic heterocycles. The van der Waals surface area contributed by atoms with E-state index in [9.17, 15) is 8.42 Å². The predicted octanol–water partition coefficient (Wildman–Crippen LogP) is 3.25. The summed E-state index contributed by atoms with van der Waals surface area (Å²) in [6.45, 7) is 9.12. The zero-order valence-corrected chi connectivity index (χ0v) is 13.0. The van der Waals surface area contributed by atoms with E-state index in [1.807, 2.05) is 13.0 Å². The van der Waals surface area contributed by atoms with Crippen LogP contribution >= 0.6 is 0 Å². The Labute approximate surface area is 121 Å². The largest absolute Gasteiger partial charge is 0.497 e. The van der Waals surface area contributed by atoms with Crippen molar-refractivity contribution in [2.75, 3.05) is 18.5 Å². The average Bonchev–Trinajstić information content (AvgIpc) is 2.44. The topological polar surface area (TPSA) is 46.6 Å². The number of anilines is 1. The summed E-state index contributed by atoms with van der Waals surface area (Å²) in [5.41, 5.74) is 1.44. The highest BCUT2D eigenvalue weighted by Crippen LogP contribution is 2.29. The van der Waals surface area contributed by atoms with Gasteiger partial charge in [-0.25, -0.2) is 8.42 Å². The second kappa shape index (κ2) is 6.61. The van der Waals surface area contributed by atoms with Crippen molar-refractivity contribution in [3.05, 3.63) is 47.9 Å². The van der Waals surface area contributed by atoms with Gasteiger partial charge in [0.2, 0.25) is 0 Å². The molecule has 1 aromatic rings. The maximum absolute atomic E-state index is 12.4. The lowest BCUT2D eigenvalue weighted by Gasteiger charge is -2.23. The summed E-state index contributed by atoms with van der Waals surface area (Å²) < 4.78 is 31.3. The number of allylic oxidation sites excluding steroid dienone is 2. The number of hydrogen-bond acceptors (Lipinski definition) is 3. The fraction of sp³-hybridized carbons (Fsp3) is 0.333. The molecule has 0 fully saturated rings. The molecular formula is C15H21NO3S. The van der Waals surface area contributed by atoms with Crippen LogP contribution < -0.4 is 9.04 Å². The van der Waals surface area contributed by atoms with Gasteiger partial charge in [-0.3, -0.25) is 4.31 Å². The summed E-state index contributed by atoms with van der Waals surface area (Å²) in [6, 6.07) is 5.33. The van der Waals surface area contributed by atoms with Crippen molar-refractivity contribution in [1.82, 2.24) is 0 Å². The molecule has 0 aliphatic carbocycles. The van der Waals surface area contributed by atoms with Gasteiger partial charge in [0, 0.05) is 13.1 Å². The van der Waals surface area contributed by atoms with Gasteiger partial charge in [-0.15, -0.1) is 6.58 Å². The Bertz CT molecular complexity index is 606. The summed E-state index contributed by atoms with van der Waals surface area (Å²) in [7, 11) is -0.505. The summed E-state index contributed by atoms with van der Waals surface area (Å²) in [4.78, 5) is 0.183. The van der Waals surface area contributed by atoms with E-state index in [2.05, 4.69) is 13.2 Å². The first-order valence-electron chi connectivity index (χ1n) is 6.26. The summed E-state index contributed by atoms with van der Waals surface area (Å²) >= 11 is 0. The molecule has 0 heterocycles. The van der Waals surface area contributed by atoms with Crippen LogP contribution in [0.25, 0.3) is 0 Å². The van der Waals surface area contributed by atoms with Crippen molar-refractivity contribution in [3.8, 4) is 5.75 Å². The molecule has 20 heavy (non-hydrogen) atoms. The van der Waals surface area contributed by atoms with Crippen LogP contribution in [0.15, 0.2) is 42.3 Å². The van der Waals surface area contributed by atoms with Gasteiger partial charge in [0.25, 0.3) is 10.0 Å². The third-order valence-electron chi connectivity index (χ3n) is 3.11. The predicted molar refractivity (Wildman–Crippen MR) is 83.6 cm³/mol. The molecule has 1 rings (SSSR count). The van der Waals surface area contributed by atoms with Crippen molar-refractivity contribution in [2.24, 2.45) is 0 Å². The van der Waals surface area contributed by atoms with E-state index in [1.165, 1.54) is 11.4 Å². The van der Waals surface area contributed by atoms with Crippen LogP contribution in [0, 0.1) is 6.92 Å². The summed E-state index contributed by atoms with van der Waals surface area (Å²) in [6.07, 6.45) is 2.64. The first-order chi connectivity index (χ1) is 9.34. The molecule has 0 aliphatic rings. The second-order valence-electron chi connectivity index (χ2n) is 4.49. The van der Waals surface area contributed by atoms with E-state index in [0.29, 0.717) is 24.3 Å². The third kappa shape index (κ3) is 3.42. The maximum Gasteiger partial charge on any atom is 0.259 e. The van der Waals surface area contributed by atoms with Crippen LogP contribution in [0.2, 0.25) is 0 Å². The maximum atomic E-state index is 12.4. The Kier molecular flexibility index (Phi) is 5.39. The SMILES string of the molecule is C=CCCC(=C)S(=O)(=O)N(C)c1cc(OC)ccc1C. The lowest BCUT2D eigenvalue weighted by atomic mass is 10.2. The van der Waals surface area contributed by atoms with Gasteiger partial charge in [0.1, 0.15) is 5.75 Å². The summed E-state index contributed by atoms with van der Waals surface area (Å²) in [5.74, 6) is 0.615. The fourth-order valence-corrected chi connectivity index (χ4v) is 2.99. The van der Waals surface area contributed by atoms with Crippen LogP contribution in [0.4, 0.5) is 5.69 Å². The van der Waals surface area contributed by atoms with Gasteiger partial charge in [0.15, 0.2) is 0 Å². The lowest BCUT2D eigenvalue weighted by Crippen LogP contribution is -2.28. The average molecular weight is 295 g/mol. The number of benzene rings is 1. The highest BCUT2D eigenvalue weighted by molar-refractivity contribution is 7.96. The smallest absolute Gasteiger partial charge is 0.259 e. The molecule has 0 unspecified atom stereocenters. The Morgan fingerprint density at radius 3 is 2.65 bits per heavy atom. The van der Waals surface area contributed by atoms with E-state index in [-0.39, 0.29) is 4.91 Å². The molecular weight excluding hydrogens is 274 g/mol. The van der Waals surface area contributed by atoms with Crippen molar-refractivity contribution in [1.29, 1.82) is 0 Å². The van der Waals surface area contributed by atoms with Crippen molar-refractivity contribution < 1.29 is 13.2 Å². The molecule has 0 bridgehead atoms. The summed E-state index contributed by atoms with van der Waals surface area (Å²) in [5, 5.41) is 0. The molecule has 0 radical (unpaired) electrons. The number of nitrogens with zero attached hydrogens (tertiary/aromatic N) is 1. The Balaban J connectivity index is 3.13. The van der Waals surface area contributed by atoms with Gasteiger partial charge in [-0.1, -0.05) is 18.7 Å². The molecule has 0 saturated carbocycles. The molecule has 0 spiro atoms. The zero-order valence-electron chi connectivity index (χ0n) is 12.2. The molecule has 0 N–H and O–H groups in total. The lowest BCUT2D eigenvalue weighted by molar-refractivity contribution is 0.415. The number of aryl methyl sites for hydroxylation is 1. The Morgan fingerprint density at radius 2 is 2.10 bits per heavy atom. The fourth-order valence-electron chi connectivity index (χ4n) is 1.77. The minimum Gasteiger partial charge on any atom is -0.497 e. The zero-order chi connectivity index (χ0) is 15.3. The highest BCUT2D eigenvalue weighted by Gasteiger charge is 2.23. The van der Waals surface area contributed by atoms with E-state index in [0.717, 1.165) is 5.56 Å². The van der Waals surface area contributed by atoms with Crippen molar-refractivity contribution in [3.63, 3.8) is 0 Å². The van der Waals surface area contributed by atoms with Crippen LogP contribution in [-0.4, -0.2) is 22.6 Å². The van der Waals surface area contributed by atoms with Crippen LogP contribution in [0.3, 0.4) is 0 Å². The first kappa shape index (κ1) is 16.3. The number of hydrogen-bond donors (Lipinski definition) is 0. The molecule has 1 aromatic carbocycles. The van der Waals surface area contributed by atoms with E-state index < -0.39 is 10.0 Å². The van der Waals surface area contributed by atoms with Crippen molar-refractivity contribution in [2.45, 2.75) is 19.8 Å². The normalized spacial score (nSPS) is 10.9. The number of sulfonamides is 1. The standard InChI is InChI=1S/C15H21NO3S/c1-6-7-8-13(3)20(17,18)16(4)15-11-14(19-5)10-9-12(15)2/h6,9-11H,1,3,7-8H2,2,4-5H3.